The van der Waals surface area contributed by atoms with Gasteiger partial charge in [-0.2, -0.15) is 0 Å². The molecule has 0 N–H and O–H groups in total. The number of carbonyl (C=O) groups is 1. The first-order chi connectivity index (χ1) is 13.8. The van der Waals surface area contributed by atoms with Crippen molar-refractivity contribution in [2.24, 2.45) is 0 Å². The van der Waals surface area contributed by atoms with Crippen molar-refractivity contribution in [2.75, 3.05) is 14.2 Å². The van der Waals surface area contributed by atoms with E-state index < -0.39 is 6.10 Å². The lowest BCUT2D eigenvalue weighted by Gasteiger charge is -2.28. The van der Waals surface area contributed by atoms with Crippen LogP contribution in [0.5, 0.6) is 17.2 Å². The van der Waals surface area contributed by atoms with Gasteiger partial charge < -0.3 is 18.6 Å². The van der Waals surface area contributed by atoms with Gasteiger partial charge in [0.05, 0.1) is 31.6 Å². The highest BCUT2D eigenvalue weighted by Crippen LogP contribution is 2.43. The van der Waals surface area contributed by atoms with Crippen molar-refractivity contribution >= 4 is 16.8 Å². The molecule has 1 aliphatic heterocycles. The summed E-state index contributed by atoms with van der Waals surface area (Å²) in [5, 5.41) is 0.668. The number of ether oxygens (including phenoxy) is 3. The van der Waals surface area contributed by atoms with Crippen LogP contribution in [0.2, 0.25) is 0 Å². The van der Waals surface area contributed by atoms with Crippen LogP contribution in [0, 0.1) is 20.8 Å². The van der Waals surface area contributed by atoms with Crippen LogP contribution in [0.3, 0.4) is 0 Å². The van der Waals surface area contributed by atoms with Crippen molar-refractivity contribution in [2.45, 2.75) is 33.3 Å². The fourth-order valence-electron chi connectivity index (χ4n) is 3.87. The third kappa shape index (κ3) is 2.95. The zero-order chi connectivity index (χ0) is 20.9. The highest BCUT2D eigenvalue weighted by Gasteiger charge is 2.32. The molecule has 0 radical (unpaired) electrons. The maximum atomic E-state index is 13.0. The average Bonchev–Trinajstić information content (AvgIpc) is 2.70. The Balaban J connectivity index is 1.91. The number of fused-ring (bicyclic) bond motifs is 3. The second-order valence-corrected chi connectivity index (χ2v) is 7.26. The van der Waals surface area contributed by atoms with Crippen LogP contribution in [0.15, 0.2) is 33.5 Å². The summed E-state index contributed by atoms with van der Waals surface area (Å²) in [6.07, 6.45) is -0.268. The zero-order valence-electron chi connectivity index (χ0n) is 17.0. The Morgan fingerprint density at radius 2 is 1.69 bits per heavy atom. The summed E-state index contributed by atoms with van der Waals surface area (Å²) in [5.74, 6) is 1.64. The molecule has 2 heterocycles. The highest BCUT2D eigenvalue weighted by atomic mass is 16.5. The summed E-state index contributed by atoms with van der Waals surface area (Å²) in [6.45, 7) is 5.38. The molecule has 1 atom stereocenters. The quantitative estimate of drug-likeness (QED) is 0.611. The Kier molecular flexibility index (Phi) is 4.57. The van der Waals surface area contributed by atoms with Crippen molar-refractivity contribution in [1.82, 2.24) is 0 Å². The van der Waals surface area contributed by atoms with Crippen LogP contribution in [0.25, 0.3) is 11.0 Å². The predicted octanol–water partition coefficient (Wildman–Crippen LogP) is 4.44. The van der Waals surface area contributed by atoms with Gasteiger partial charge in [0, 0.05) is 5.56 Å². The molecule has 0 saturated carbocycles. The largest absolute Gasteiger partial charge is 0.493 e. The lowest BCUT2D eigenvalue weighted by atomic mass is 9.90. The number of ketones is 1. The summed E-state index contributed by atoms with van der Waals surface area (Å²) in [4.78, 5) is 25.2. The van der Waals surface area contributed by atoms with E-state index in [-0.39, 0.29) is 17.8 Å². The zero-order valence-corrected chi connectivity index (χ0v) is 17.0. The van der Waals surface area contributed by atoms with E-state index in [2.05, 4.69) is 0 Å². The molecular formula is C23H22O6. The molecule has 6 heteroatoms. The first-order valence-electron chi connectivity index (χ1n) is 9.35. The number of carbonyl (C=O) groups excluding carboxylic acids is 1. The van der Waals surface area contributed by atoms with E-state index in [1.165, 1.54) is 0 Å². The third-order valence-corrected chi connectivity index (χ3v) is 5.58. The Morgan fingerprint density at radius 3 is 2.38 bits per heavy atom. The van der Waals surface area contributed by atoms with E-state index in [0.29, 0.717) is 39.3 Å². The molecule has 0 bridgehead atoms. The molecule has 0 amide bonds. The van der Waals surface area contributed by atoms with Gasteiger partial charge in [0.2, 0.25) is 0 Å². The Morgan fingerprint density at radius 1 is 0.966 bits per heavy atom. The SMILES string of the molecule is COc1ccc([C@@H]2CC(=O)c3c(C)cc4oc(=O)c(C)c(C)c4c3O2)cc1OC. The number of hydrogen-bond acceptors (Lipinski definition) is 6. The predicted molar refractivity (Wildman–Crippen MR) is 109 cm³/mol. The summed E-state index contributed by atoms with van der Waals surface area (Å²) in [6, 6.07) is 7.21. The van der Waals surface area contributed by atoms with Crippen LogP contribution >= 0.6 is 0 Å². The van der Waals surface area contributed by atoms with Gasteiger partial charge in [-0.3, -0.25) is 4.79 Å². The Labute approximate surface area is 168 Å². The standard InChI is InChI=1S/C23H22O6/c1-11-8-19-21(12(2)13(3)23(25)29-19)22-20(11)15(24)10-17(28-22)14-6-7-16(26-4)18(9-14)27-5/h6-9,17H,10H2,1-5H3/t17-/m0/s1. The molecule has 0 spiro atoms. The summed E-state index contributed by atoms with van der Waals surface area (Å²) in [5.41, 5.74) is 3.40. The molecule has 0 fully saturated rings. The number of methoxy groups -OCH3 is 2. The normalized spacial score (nSPS) is 15.8. The molecule has 150 valence electrons. The van der Waals surface area contributed by atoms with Crippen LogP contribution in [-0.2, 0) is 0 Å². The highest BCUT2D eigenvalue weighted by molar-refractivity contribution is 6.07. The van der Waals surface area contributed by atoms with E-state index in [1.807, 2.05) is 26.0 Å². The van der Waals surface area contributed by atoms with Gasteiger partial charge in [-0.1, -0.05) is 6.07 Å². The smallest absolute Gasteiger partial charge is 0.339 e. The maximum absolute atomic E-state index is 13.0. The topological polar surface area (TPSA) is 75.0 Å². The van der Waals surface area contributed by atoms with Crippen LogP contribution in [0.1, 0.15) is 45.1 Å². The Hall–Kier alpha value is -3.28. The molecule has 0 aliphatic carbocycles. The number of aryl methyl sites for hydroxylation is 2. The first-order valence-corrected chi connectivity index (χ1v) is 9.35. The molecule has 2 aromatic carbocycles. The van der Waals surface area contributed by atoms with E-state index in [9.17, 15) is 9.59 Å². The van der Waals surface area contributed by atoms with Crippen molar-refractivity contribution in [3.05, 3.63) is 62.5 Å². The van der Waals surface area contributed by atoms with Gasteiger partial charge in [-0.15, -0.1) is 0 Å². The summed E-state index contributed by atoms with van der Waals surface area (Å²) in [7, 11) is 3.14. The van der Waals surface area contributed by atoms with Gasteiger partial charge in [0.1, 0.15) is 17.4 Å². The second kappa shape index (κ2) is 6.95. The number of hydrogen-bond donors (Lipinski definition) is 0. The minimum Gasteiger partial charge on any atom is -0.493 e. The van der Waals surface area contributed by atoms with Gasteiger partial charge in [-0.05, 0) is 55.7 Å². The molecule has 29 heavy (non-hydrogen) atoms. The molecule has 6 nitrogen and oxygen atoms in total. The molecule has 3 aromatic rings. The van der Waals surface area contributed by atoms with Gasteiger partial charge in [0.15, 0.2) is 17.3 Å². The van der Waals surface area contributed by atoms with Crippen molar-refractivity contribution in [3.8, 4) is 17.2 Å². The molecular weight excluding hydrogens is 372 g/mol. The van der Waals surface area contributed by atoms with Crippen molar-refractivity contribution < 1.29 is 23.4 Å². The molecule has 1 aliphatic rings. The Bertz CT molecular complexity index is 1200. The summed E-state index contributed by atoms with van der Waals surface area (Å²) < 4.78 is 22.5. The molecule has 0 saturated heterocycles. The molecule has 1 aromatic heterocycles. The van der Waals surface area contributed by atoms with E-state index in [1.54, 1.807) is 33.3 Å². The number of benzene rings is 2. The lowest BCUT2D eigenvalue weighted by molar-refractivity contribution is 0.0852. The monoisotopic (exact) mass is 394 g/mol. The van der Waals surface area contributed by atoms with Crippen molar-refractivity contribution in [3.63, 3.8) is 0 Å². The summed E-state index contributed by atoms with van der Waals surface area (Å²) >= 11 is 0. The van der Waals surface area contributed by atoms with Crippen LogP contribution in [-0.4, -0.2) is 20.0 Å². The fraction of sp³-hybridized carbons (Fsp3) is 0.304. The van der Waals surface area contributed by atoms with Gasteiger partial charge >= 0.3 is 5.63 Å². The fourth-order valence-corrected chi connectivity index (χ4v) is 3.87. The second-order valence-electron chi connectivity index (χ2n) is 7.26. The van der Waals surface area contributed by atoms with Gasteiger partial charge in [0.25, 0.3) is 0 Å². The van der Waals surface area contributed by atoms with Crippen LogP contribution in [0.4, 0.5) is 0 Å². The average molecular weight is 394 g/mol. The molecule has 4 rings (SSSR count). The van der Waals surface area contributed by atoms with E-state index in [0.717, 1.165) is 16.7 Å². The molecule has 0 unspecified atom stereocenters. The minimum absolute atomic E-state index is 0.00584. The number of Topliss-reactive ketones (excluding diaryl/α,β-unsaturated/α-hetero) is 1. The van der Waals surface area contributed by atoms with Crippen molar-refractivity contribution in [1.29, 1.82) is 0 Å². The van der Waals surface area contributed by atoms with Gasteiger partial charge in [-0.25, -0.2) is 4.79 Å². The third-order valence-electron chi connectivity index (χ3n) is 5.58. The lowest BCUT2D eigenvalue weighted by Crippen LogP contribution is -2.22. The number of rotatable bonds is 3. The van der Waals surface area contributed by atoms with Crippen LogP contribution < -0.4 is 19.8 Å². The maximum Gasteiger partial charge on any atom is 0.339 e. The van der Waals surface area contributed by atoms with E-state index >= 15 is 0 Å². The first kappa shape index (κ1) is 19.1. The van der Waals surface area contributed by atoms with E-state index in [4.69, 9.17) is 18.6 Å². The minimum atomic E-state index is -0.480.